The molecule has 0 spiro atoms. The fourth-order valence-corrected chi connectivity index (χ4v) is 1.75. The zero-order chi connectivity index (χ0) is 13.4. The zero-order valence-corrected chi connectivity index (χ0v) is 10.9. The van der Waals surface area contributed by atoms with Gasteiger partial charge in [0.05, 0.1) is 7.11 Å². The summed E-state index contributed by atoms with van der Waals surface area (Å²) in [7, 11) is 1.39. The van der Waals surface area contributed by atoms with E-state index in [4.69, 9.17) is 0 Å². The van der Waals surface area contributed by atoms with Crippen molar-refractivity contribution in [3.63, 3.8) is 0 Å². The molecule has 4 heteroatoms. The van der Waals surface area contributed by atoms with Gasteiger partial charge in [0.1, 0.15) is 5.82 Å². The lowest BCUT2D eigenvalue weighted by molar-refractivity contribution is -0.140. The van der Waals surface area contributed by atoms with Crippen molar-refractivity contribution in [2.75, 3.05) is 13.7 Å². The van der Waals surface area contributed by atoms with Gasteiger partial charge >= 0.3 is 5.97 Å². The molecule has 1 atom stereocenters. The number of carbonyl (C=O) groups excluding carboxylic acids is 1. The average molecular weight is 253 g/mol. The highest BCUT2D eigenvalue weighted by molar-refractivity contribution is 5.69. The molecule has 3 nitrogen and oxygen atoms in total. The van der Waals surface area contributed by atoms with E-state index in [9.17, 15) is 9.18 Å². The van der Waals surface area contributed by atoms with Crippen LogP contribution in [-0.4, -0.2) is 25.7 Å². The summed E-state index contributed by atoms with van der Waals surface area (Å²) in [6.45, 7) is 2.73. The predicted octanol–water partition coefficient (Wildman–Crippen LogP) is 2.30. The van der Waals surface area contributed by atoms with Crippen LogP contribution in [0.3, 0.4) is 0 Å². The third-order valence-electron chi connectivity index (χ3n) is 2.76. The maximum Gasteiger partial charge on any atom is 0.305 e. The van der Waals surface area contributed by atoms with Crippen molar-refractivity contribution in [2.45, 2.75) is 32.2 Å². The molecule has 1 rings (SSSR count). The normalized spacial score (nSPS) is 12.2. The molecule has 1 aromatic carbocycles. The minimum absolute atomic E-state index is 0.166. The first-order valence-electron chi connectivity index (χ1n) is 6.17. The molecule has 0 saturated heterocycles. The van der Waals surface area contributed by atoms with Crippen LogP contribution >= 0.6 is 0 Å². The van der Waals surface area contributed by atoms with Crippen molar-refractivity contribution >= 4 is 5.97 Å². The predicted molar refractivity (Wildman–Crippen MR) is 68.8 cm³/mol. The fourth-order valence-electron chi connectivity index (χ4n) is 1.75. The Kier molecular flexibility index (Phi) is 6.36. The van der Waals surface area contributed by atoms with Gasteiger partial charge in [-0.15, -0.1) is 0 Å². The quantitative estimate of drug-likeness (QED) is 0.598. The third kappa shape index (κ3) is 5.27. The highest BCUT2D eigenvalue weighted by atomic mass is 19.1. The second-order valence-corrected chi connectivity index (χ2v) is 4.33. The number of halogens is 1. The van der Waals surface area contributed by atoms with Gasteiger partial charge in [-0.05, 0) is 37.9 Å². The highest BCUT2D eigenvalue weighted by Gasteiger charge is 2.07. The molecule has 0 heterocycles. The number of ether oxygens (including phenoxy) is 1. The van der Waals surface area contributed by atoms with E-state index >= 15 is 0 Å². The Labute approximate surface area is 107 Å². The summed E-state index contributed by atoms with van der Waals surface area (Å²) in [5.41, 5.74) is 0.713. The van der Waals surface area contributed by atoms with Crippen LogP contribution in [0.2, 0.25) is 0 Å². The van der Waals surface area contributed by atoms with Crippen LogP contribution in [-0.2, 0) is 16.0 Å². The van der Waals surface area contributed by atoms with Gasteiger partial charge in [-0.2, -0.15) is 0 Å². The van der Waals surface area contributed by atoms with E-state index in [-0.39, 0.29) is 17.8 Å². The highest BCUT2D eigenvalue weighted by Crippen LogP contribution is 2.08. The average Bonchev–Trinajstić information content (AvgIpc) is 2.37. The minimum Gasteiger partial charge on any atom is -0.469 e. The topological polar surface area (TPSA) is 38.3 Å². The number of nitrogens with one attached hydrogen (secondary N) is 1. The van der Waals surface area contributed by atoms with E-state index < -0.39 is 0 Å². The Morgan fingerprint density at radius 2 is 2.17 bits per heavy atom. The second kappa shape index (κ2) is 7.82. The first-order valence-corrected chi connectivity index (χ1v) is 6.17. The Morgan fingerprint density at radius 3 is 2.83 bits per heavy atom. The van der Waals surface area contributed by atoms with Crippen molar-refractivity contribution in [1.82, 2.24) is 5.32 Å². The molecule has 0 saturated carbocycles. The van der Waals surface area contributed by atoms with Crippen LogP contribution in [0, 0.1) is 5.82 Å². The number of esters is 1. The summed E-state index contributed by atoms with van der Waals surface area (Å²) in [5, 5.41) is 3.26. The number of carbonyl (C=O) groups is 1. The maximum absolute atomic E-state index is 13.4. The maximum atomic E-state index is 13.4. The lowest BCUT2D eigenvalue weighted by Gasteiger charge is -2.14. The molecule has 0 aliphatic rings. The molecule has 1 N–H and O–H groups in total. The first-order chi connectivity index (χ1) is 8.63. The Morgan fingerprint density at radius 1 is 1.44 bits per heavy atom. The van der Waals surface area contributed by atoms with Crippen molar-refractivity contribution in [1.29, 1.82) is 0 Å². The summed E-state index contributed by atoms with van der Waals surface area (Å²) in [6, 6.07) is 6.97. The zero-order valence-electron chi connectivity index (χ0n) is 10.9. The van der Waals surface area contributed by atoms with Crippen molar-refractivity contribution in [2.24, 2.45) is 0 Å². The fraction of sp³-hybridized carbons (Fsp3) is 0.500. The smallest absolute Gasteiger partial charge is 0.305 e. The molecule has 18 heavy (non-hydrogen) atoms. The van der Waals surface area contributed by atoms with Gasteiger partial charge < -0.3 is 10.1 Å². The second-order valence-electron chi connectivity index (χ2n) is 4.33. The van der Waals surface area contributed by atoms with E-state index in [1.165, 1.54) is 13.2 Å². The number of hydrogen-bond donors (Lipinski definition) is 1. The third-order valence-corrected chi connectivity index (χ3v) is 2.76. The van der Waals surface area contributed by atoms with Crippen LogP contribution in [0.25, 0.3) is 0 Å². The van der Waals surface area contributed by atoms with E-state index in [2.05, 4.69) is 10.1 Å². The van der Waals surface area contributed by atoms with Gasteiger partial charge in [0, 0.05) is 12.5 Å². The molecule has 0 amide bonds. The van der Waals surface area contributed by atoms with Gasteiger partial charge in [0.25, 0.3) is 0 Å². The standard InChI is InChI=1S/C14H20FNO2/c1-11(16-9-5-8-14(17)18-2)10-12-6-3-4-7-13(12)15/h3-4,6-7,11,16H,5,8-10H2,1-2H3. The van der Waals surface area contributed by atoms with E-state index in [0.717, 1.165) is 13.0 Å². The van der Waals surface area contributed by atoms with Crippen LogP contribution in [0.4, 0.5) is 4.39 Å². The molecule has 0 bridgehead atoms. The number of hydrogen-bond acceptors (Lipinski definition) is 3. The lowest BCUT2D eigenvalue weighted by atomic mass is 10.1. The van der Waals surface area contributed by atoms with Crippen molar-refractivity contribution < 1.29 is 13.9 Å². The van der Waals surface area contributed by atoms with Gasteiger partial charge in [-0.1, -0.05) is 18.2 Å². The van der Waals surface area contributed by atoms with Gasteiger partial charge in [-0.25, -0.2) is 4.39 Å². The van der Waals surface area contributed by atoms with Crippen LogP contribution in [0.5, 0.6) is 0 Å². The molecule has 0 aliphatic heterocycles. The molecule has 0 aliphatic carbocycles. The summed E-state index contributed by atoms with van der Waals surface area (Å²) in [4.78, 5) is 10.9. The summed E-state index contributed by atoms with van der Waals surface area (Å²) < 4.78 is 18.0. The monoisotopic (exact) mass is 253 g/mol. The van der Waals surface area contributed by atoms with E-state index in [1.54, 1.807) is 12.1 Å². The Balaban J connectivity index is 2.24. The summed E-state index contributed by atoms with van der Waals surface area (Å²) in [5.74, 6) is -0.362. The van der Waals surface area contributed by atoms with Gasteiger partial charge in [0.15, 0.2) is 0 Å². The Hall–Kier alpha value is -1.42. The molecule has 100 valence electrons. The minimum atomic E-state index is -0.196. The molecule has 1 unspecified atom stereocenters. The molecular formula is C14H20FNO2. The largest absolute Gasteiger partial charge is 0.469 e. The molecule has 0 radical (unpaired) electrons. The van der Waals surface area contributed by atoms with E-state index in [1.807, 2.05) is 13.0 Å². The molecule has 0 aromatic heterocycles. The molecule has 1 aromatic rings. The Bertz CT molecular complexity index is 382. The van der Waals surface area contributed by atoms with Gasteiger partial charge in [0.2, 0.25) is 0 Å². The summed E-state index contributed by atoms with van der Waals surface area (Å²) in [6.07, 6.45) is 1.79. The number of rotatable bonds is 7. The lowest BCUT2D eigenvalue weighted by Crippen LogP contribution is -2.29. The molecule has 0 fully saturated rings. The summed E-state index contributed by atoms with van der Waals surface area (Å²) >= 11 is 0. The first kappa shape index (κ1) is 14.6. The van der Waals surface area contributed by atoms with Crippen LogP contribution in [0.1, 0.15) is 25.3 Å². The number of methoxy groups -OCH3 is 1. The molecular weight excluding hydrogens is 233 g/mol. The van der Waals surface area contributed by atoms with Crippen molar-refractivity contribution in [3.8, 4) is 0 Å². The van der Waals surface area contributed by atoms with Crippen LogP contribution in [0.15, 0.2) is 24.3 Å². The van der Waals surface area contributed by atoms with Crippen molar-refractivity contribution in [3.05, 3.63) is 35.6 Å². The van der Waals surface area contributed by atoms with Crippen LogP contribution < -0.4 is 5.32 Å². The SMILES string of the molecule is COC(=O)CCCNC(C)Cc1ccccc1F. The van der Waals surface area contributed by atoms with E-state index in [0.29, 0.717) is 18.4 Å². The number of benzene rings is 1. The van der Waals surface area contributed by atoms with Gasteiger partial charge in [-0.3, -0.25) is 4.79 Å².